The van der Waals surface area contributed by atoms with Crippen LogP contribution in [0.3, 0.4) is 0 Å². The summed E-state index contributed by atoms with van der Waals surface area (Å²) in [5.41, 5.74) is 5.57. The molecule has 0 saturated carbocycles. The maximum atomic E-state index is 12.5. The minimum atomic E-state index is -1.04. The van der Waals surface area contributed by atoms with E-state index < -0.39 is 5.97 Å². The number of aliphatic carboxylic acids is 1. The molecule has 0 aromatic carbocycles. The van der Waals surface area contributed by atoms with Gasteiger partial charge in [-0.1, -0.05) is 46.5 Å². The van der Waals surface area contributed by atoms with Crippen molar-refractivity contribution in [3.8, 4) is 0 Å². The summed E-state index contributed by atoms with van der Waals surface area (Å²) in [4.78, 5) is 51.4. The first kappa shape index (κ1) is 34.0. The minimum Gasteiger partial charge on any atom is -0.480 e. The summed E-state index contributed by atoms with van der Waals surface area (Å²) in [5.74, 6) is -0.743. The molecule has 0 saturated heterocycles. The first-order chi connectivity index (χ1) is 17.1. The van der Waals surface area contributed by atoms with E-state index in [-0.39, 0.29) is 50.3 Å². The number of hydrogen-bond donors (Lipinski definition) is 4. The molecule has 2 atom stereocenters. The summed E-state index contributed by atoms with van der Waals surface area (Å²) in [6.45, 7) is 9.88. The molecule has 2 amide bonds. The zero-order valence-electron chi connectivity index (χ0n) is 23.0. The lowest BCUT2D eigenvalue weighted by Gasteiger charge is -2.26. The average molecular weight is 514 g/mol. The highest BCUT2D eigenvalue weighted by molar-refractivity contribution is 5.81. The van der Waals surface area contributed by atoms with E-state index >= 15 is 0 Å². The van der Waals surface area contributed by atoms with Gasteiger partial charge < -0.3 is 21.5 Å². The molecule has 0 heterocycles. The van der Waals surface area contributed by atoms with Gasteiger partial charge >= 0.3 is 5.97 Å². The number of ketones is 1. The van der Waals surface area contributed by atoms with Crippen LogP contribution in [0.4, 0.5) is 0 Å². The first-order valence-corrected chi connectivity index (χ1v) is 13.5. The monoisotopic (exact) mass is 513 g/mol. The Kier molecular flexibility index (Phi) is 19.9. The Labute approximate surface area is 217 Å². The molecule has 0 aromatic rings. The van der Waals surface area contributed by atoms with Crippen molar-refractivity contribution in [3.05, 3.63) is 0 Å². The van der Waals surface area contributed by atoms with Gasteiger partial charge in [-0.2, -0.15) is 0 Å². The molecule has 10 heteroatoms. The van der Waals surface area contributed by atoms with Crippen LogP contribution in [0, 0.1) is 11.8 Å². The summed E-state index contributed by atoms with van der Waals surface area (Å²) in [5, 5.41) is 15.2. The van der Waals surface area contributed by atoms with Crippen molar-refractivity contribution in [3.63, 3.8) is 0 Å². The topological polar surface area (TPSA) is 145 Å². The molecule has 0 aliphatic carbocycles. The van der Waals surface area contributed by atoms with Gasteiger partial charge in [0.25, 0.3) is 0 Å². The number of nitrogens with two attached hydrogens (primary N) is 1. The predicted octanol–water partition coefficient (Wildman–Crippen LogP) is 1.48. The molecule has 2 unspecified atom stereocenters. The van der Waals surface area contributed by atoms with E-state index in [9.17, 15) is 24.3 Å². The second kappa shape index (κ2) is 21.1. The van der Waals surface area contributed by atoms with Gasteiger partial charge in [-0.3, -0.25) is 29.0 Å². The molecule has 0 fully saturated rings. The van der Waals surface area contributed by atoms with Gasteiger partial charge in [-0.05, 0) is 44.6 Å². The Balaban J connectivity index is 4.87. The van der Waals surface area contributed by atoms with Crippen molar-refractivity contribution in [1.29, 1.82) is 0 Å². The van der Waals surface area contributed by atoms with Gasteiger partial charge in [0.2, 0.25) is 11.8 Å². The predicted molar refractivity (Wildman–Crippen MR) is 143 cm³/mol. The molecule has 0 aromatic heterocycles. The smallest absolute Gasteiger partial charge is 0.317 e. The maximum absolute atomic E-state index is 12.5. The molecule has 0 radical (unpaired) electrons. The molecule has 210 valence electrons. The van der Waals surface area contributed by atoms with Crippen molar-refractivity contribution in [2.75, 3.05) is 58.9 Å². The van der Waals surface area contributed by atoms with Crippen LogP contribution >= 0.6 is 0 Å². The van der Waals surface area contributed by atoms with Crippen molar-refractivity contribution in [2.24, 2.45) is 17.6 Å². The quantitative estimate of drug-likeness (QED) is 0.161. The SMILES string of the molecule is CCCCC(CC)CNC(=O)CN(CCN(CC(=O)O)CC(=O)NCC(CC)CCCN)CC(C)=O. The van der Waals surface area contributed by atoms with Gasteiger partial charge in [-0.25, -0.2) is 0 Å². The summed E-state index contributed by atoms with van der Waals surface area (Å²) in [6.07, 6.45) is 7.08. The number of carbonyl (C=O) groups is 4. The highest BCUT2D eigenvalue weighted by atomic mass is 16.4. The lowest BCUT2D eigenvalue weighted by Crippen LogP contribution is -2.47. The Morgan fingerprint density at radius 2 is 1.25 bits per heavy atom. The lowest BCUT2D eigenvalue weighted by atomic mass is 9.99. The number of unbranched alkanes of at least 4 members (excludes halogenated alkanes) is 1. The highest BCUT2D eigenvalue weighted by Crippen LogP contribution is 2.11. The van der Waals surface area contributed by atoms with Crippen molar-refractivity contribution in [1.82, 2.24) is 20.4 Å². The Morgan fingerprint density at radius 1 is 0.778 bits per heavy atom. The van der Waals surface area contributed by atoms with E-state index in [1.807, 2.05) is 0 Å². The number of carboxylic acids is 1. The molecule has 10 nitrogen and oxygen atoms in total. The Hall–Kier alpha value is -2.04. The third-order valence-corrected chi connectivity index (χ3v) is 6.38. The van der Waals surface area contributed by atoms with E-state index in [1.165, 1.54) is 11.8 Å². The second-order valence-corrected chi connectivity index (χ2v) is 9.75. The normalized spacial score (nSPS) is 13.0. The molecule has 0 rings (SSSR count). The summed E-state index contributed by atoms with van der Waals surface area (Å²) in [7, 11) is 0. The average Bonchev–Trinajstić information content (AvgIpc) is 2.82. The fourth-order valence-corrected chi connectivity index (χ4v) is 4.05. The first-order valence-electron chi connectivity index (χ1n) is 13.5. The number of nitrogens with zero attached hydrogens (tertiary/aromatic N) is 2. The molecule has 36 heavy (non-hydrogen) atoms. The second-order valence-electron chi connectivity index (χ2n) is 9.75. The van der Waals surface area contributed by atoms with Crippen molar-refractivity contribution in [2.45, 2.75) is 72.6 Å². The van der Waals surface area contributed by atoms with Crippen molar-refractivity contribution >= 4 is 23.6 Å². The summed E-state index contributed by atoms with van der Waals surface area (Å²) >= 11 is 0. The van der Waals surface area contributed by atoms with Crippen LogP contribution in [0.15, 0.2) is 0 Å². The summed E-state index contributed by atoms with van der Waals surface area (Å²) in [6, 6.07) is 0. The van der Waals surface area contributed by atoms with Crippen LogP contribution in [-0.2, 0) is 19.2 Å². The van der Waals surface area contributed by atoms with Crippen LogP contribution in [0.25, 0.3) is 0 Å². The molecule has 0 aliphatic heterocycles. The molecule has 0 spiro atoms. The van der Waals surface area contributed by atoms with Crippen LogP contribution in [-0.4, -0.2) is 97.4 Å². The lowest BCUT2D eigenvalue weighted by molar-refractivity contribution is -0.139. The van der Waals surface area contributed by atoms with Gasteiger partial charge in [-0.15, -0.1) is 0 Å². The third-order valence-electron chi connectivity index (χ3n) is 6.38. The van der Waals surface area contributed by atoms with Crippen LogP contribution in [0.2, 0.25) is 0 Å². The Bertz CT molecular complexity index is 592. The van der Waals surface area contributed by atoms with Crippen molar-refractivity contribution < 1.29 is 24.3 Å². The van der Waals surface area contributed by atoms with E-state index in [4.69, 9.17) is 5.73 Å². The molecular weight excluding hydrogens is 462 g/mol. The number of carbonyl (C=O) groups excluding carboxylic acids is 3. The maximum Gasteiger partial charge on any atom is 0.317 e. The minimum absolute atomic E-state index is 0.0518. The van der Waals surface area contributed by atoms with Gasteiger partial charge in [0, 0.05) is 26.2 Å². The Morgan fingerprint density at radius 3 is 1.64 bits per heavy atom. The molecule has 0 aliphatic rings. The number of carboxylic acid groups (broad SMARTS) is 1. The fourth-order valence-electron chi connectivity index (χ4n) is 4.05. The number of Topliss-reactive ketones (excluding diaryl/α,β-unsaturated/α-hetero) is 1. The van der Waals surface area contributed by atoms with Gasteiger partial charge in [0.05, 0.1) is 26.2 Å². The van der Waals surface area contributed by atoms with E-state index in [1.54, 1.807) is 4.90 Å². The van der Waals surface area contributed by atoms with E-state index in [2.05, 4.69) is 31.4 Å². The number of amides is 2. The zero-order chi connectivity index (χ0) is 27.3. The highest BCUT2D eigenvalue weighted by Gasteiger charge is 2.19. The zero-order valence-corrected chi connectivity index (χ0v) is 23.0. The van der Waals surface area contributed by atoms with Crippen LogP contribution < -0.4 is 16.4 Å². The van der Waals surface area contributed by atoms with E-state index in [0.717, 1.165) is 44.9 Å². The third kappa shape index (κ3) is 18.3. The van der Waals surface area contributed by atoms with Gasteiger partial charge in [0.1, 0.15) is 5.78 Å². The van der Waals surface area contributed by atoms with E-state index in [0.29, 0.717) is 38.0 Å². The summed E-state index contributed by atoms with van der Waals surface area (Å²) < 4.78 is 0. The van der Waals surface area contributed by atoms with Crippen LogP contribution in [0.5, 0.6) is 0 Å². The number of hydrogen-bond acceptors (Lipinski definition) is 7. The standard InChI is InChI=1S/C26H51N5O5/c1-5-8-10-22(6-2)15-28-24(33)18-30(17-21(4)32)13-14-31(20-26(35)36)19-25(34)29-16-23(7-3)11-9-12-27/h22-23H,5-20,27H2,1-4H3,(H,28,33)(H,29,34)(H,35,36). The molecular formula is C26H51N5O5. The largest absolute Gasteiger partial charge is 0.480 e. The molecule has 0 bridgehead atoms. The van der Waals surface area contributed by atoms with Crippen LogP contribution in [0.1, 0.15) is 72.6 Å². The molecule has 5 N–H and O–H groups in total. The van der Waals surface area contributed by atoms with Gasteiger partial charge in [0.15, 0.2) is 0 Å². The number of rotatable bonds is 23. The number of nitrogens with one attached hydrogen (secondary N) is 2. The fraction of sp³-hybridized carbons (Fsp3) is 0.846.